The molecule has 32 heavy (non-hydrogen) atoms. The maximum absolute atomic E-state index is 13.4. The second-order valence-corrected chi connectivity index (χ2v) is 8.73. The summed E-state index contributed by atoms with van der Waals surface area (Å²) in [5.74, 6) is 1.14. The van der Waals surface area contributed by atoms with Crippen molar-refractivity contribution in [1.29, 1.82) is 0 Å². The van der Waals surface area contributed by atoms with Gasteiger partial charge < -0.3 is 10.1 Å². The lowest BCUT2D eigenvalue weighted by Gasteiger charge is -2.18. The number of carbonyl (C=O) groups excluding carboxylic acids is 1. The second kappa shape index (κ2) is 9.13. The number of ether oxygens (including phenoxy) is 1. The molecule has 1 saturated heterocycles. The van der Waals surface area contributed by atoms with Crippen molar-refractivity contribution in [3.63, 3.8) is 0 Å². The van der Waals surface area contributed by atoms with Crippen molar-refractivity contribution in [2.45, 2.75) is 18.9 Å². The summed E-state index contributed by atoms with van der Waals surface area (Å²) in [4.78, 5) is 15.3. The molecular formula is C27H27FN2O2. The fourth-order valence-corrected chi connectivity index (χ4v) is 4.93. The summed E-state index contributed by atoms with van der Waals surface area (Å²) in [5.41, 5.74) is 4.03. The number of hydrogen-bond donors (Lipinski definition) is 1. The Bertz CT molecular complexity index is 1100. The number of hydrogen-bond acceptors (Lipinski definition) is 3. The van der Waals surface area contributed by atoms with Gasteiger partial charge in [0.15, 0.2) is 0 Å². The molecule has 0 radical (unpaired) electrons. The van der Waals surface area contributed by atoms with Crippen LogP contribution < -0.4 is 10.1 Å². The van der Waals surface area contributed by atoms with Crippen LogP contribution in [0.1, 0.15) is 33.0 Å². The van der Waals surface area contributed by atoms with Gasteiger partial charge in [-0.2, -0.15) is 0 Å². The van der Waals surface area contributed by atoms with Crippen molar-refractivity contribution < 1.29 is 13.9 Å². The molecule has 0 spiro atoms. The van der Waals surface area contributed by atoms with Crippen LogP contribution in [0.15, 0.2) is 72.8 Å². The zero-order valence-corrected chi connectivity index (χ0v) is 18.0. The van der Waals surface area contributed by atoms with Gasteiger partial charge in [0, 0.05) is 44.1 Å². The Morgan fingerprint density at radius 3 is 2.66 bits per heavy atom. The standard InChI is InChI=1S/C27H27FN2O2/c28-22-8-4-7-19(13-22)11-12-32-23-9-10-24-25(14-23)27(31)29-15-21-17-30(18-26(21)24)16-20-5-2-1-3-6-20/h1-10,13-14,21,26H,11-12,15-18H2,(H,29,31)/t21-,26-/m0/s1. The van der Waals surface area contributed by atoms with E-state index in [4.69, 9.17) is 4.74 Å². The lowest BCUT2D eigenvalue weighted by Crippen LogP contribution is -2.29. The fourth-order valence-electron chi connectivity index (χ4n) is 4.93. The average Bonchev–Trinajstić information content (AvgIpc) is 3.15. The first-order valence-corrected chi connectivity index (χ1v) is 11.2. The van der Waals surface area contributed by atoms with Crippen molar-refractivity contribution in [2.75, 3.05) is 26.2 Å². The van der Waals surface area contributed by atoms with Crippen molar-refractivity contribution in [3.8, 4) is 5.75 Å². The van der Waals surface area contributed by atoms with E-state index in [1.807, 2.05) is 24.3 Å². The molecule has 1 N–H and O–H groups in total. The number of nitrogens with zero attached hydrogens (tertiary/aromatic N) is 1. The minimum atomic E-state index is -0.239. The van der Waals surface area contributed by atoms with Crippen molar-refractivity contribution >= 4 is 5.91 Å². The zero-order valence-electron chi connectivity index (χ0n) is 18.0. The Balaban J connectivity index is 1.28. The maximum atomic E-state index is 13.4. The molecule has 0 unspecified atom stereocenters. The maximum Gasteiger partial charge on any atom is 0.251 e. The van der Waals surface area contributed by atoms with Crippen LogP contribution in [0.25, 0.3) is 0 Å². The zero-order chi connectivity index (χ0) is 21.9. The lowest BCUT2D eigenvalue weighted by molar-refractivity contribution is 0.0950. The van der Waals surface area contributed by atoms with Crippen LogP contribution in [0.3, 0.4) is 0 Å². The molecule has 2 aliphatic rings. The van der Waals surface area contributed by atoms with Gasteiger partial charge in [-0.3, -0.25) is 9.69 Å². The molecule has 3 aromatic rings. The van der Waals surface area contributed by atoms with Gasteiger partial charge >= 0.3 is 0 Å². The summed E-state index contributed by atoms with van der Waals surface area (Å²) in [6, 6.07) is 23.0. The third-order valence-corrected chi connectivity index (χ3v) is 6.51. The van der Waals surface area contributed by atoms with E-state index in [1.165, 1.54) is 17.7 Å². The number of amides is 1. The summed E-state index contributed by atoms with van der Waals surface area (Å²) >= 11 is 0. The first-order valence-electron chi connectivity index (χ1n) is 11.2. The molecule has 2 aliphatic heterocycles. The Morgan fingerprint density at radius 2 is 1.81 bits per heavy atom. The fraction of sp³-hybridized carbons (Fsp3) is 0.296. The first-order chi connectivity index (χ1) is 15.7. The minimum Gasteiger partial charge on any atom is -0.493 e. The highest BCUT2D eigenvalue weighted by molar-refractivity contribution is 5.96. The Kier molecular flexibility index (Phi) is 5.91. The van der Waals surface area contributed by atoms with Crippen LogP contribution in [-0.4, -0.2) is 37.0 Å². The molecule has 0 saturated carbocycles. The number of fused-ring (bicyclic) bond motifs is 3. The van der Waals surface area contributed by atoms with E-state index in [2.05, 4.69) is 40.5 Å². The van der Waals surface area contributed by atoms with E-state index in [9.17, 15) is 9.18 Å². The molecule has 0 aliphatic carbocycles. The number of nitrogens with one attached hydrogen (secondary N) is 1. The van der Waals surface area contributed by atoms with E-state index in [0.717, 1.165) is 30.8 Å². The molecule has 1 fully saturated rings. The minimum absolute atomic E-state index is 0.0282. The van der Waals surface area contributed by atoms with Crippen LogP contribution in [0.5, 0.6) is 5.75 Å². The van der Waals surface area contributed by atoms with Gasteiger partial charge in [0.05, 0.1) is 6.61 Å². The van der Waals surface area contributed by atoms with Crippen LogP contribution in [-0.2, 0) is 13.0 Å². The van der Waals surface area contributed by atoms with Gasteiger partial charge in [-0.25, -0.2) is 4.39 Å². The molecule has 1 amide bonds. The molecule has 2 atom stereocenters. The second-order valence-electron chi connectivity index (χ2n) is 8.73. The van der Waals surface area contributed by atoms with Gasteiger partial charge in [-0.1, -0.05) is 48.5 Å². The number of carbonyl (C=O) groups is 1. The predicted octanol–water partition coefficient (Wildman–Crippen LogP) is 4.41. The van der Waals surface area contributed by atoms with E-state index in [1.54, 1.807) is 6.07 Å². The molecule has 5 rings (SSSR count). The average molecular weight is 431 g/mol. The highest BCUT2D eigenvalue weighted by Gasteiger charge is 2.38. The normalized spacial score (nSPS) is 20.2. The van der Waals surface area contributed by atoms with Gasteiger partial charge in [-0.05, 0) is 46.9 Å². The molecule has 2 heterocycles. The van der Waals surface area contributed by atoms with Crippen molar-refractivity contribution in [1.82, 2.24) is 10.2 Å². The summed E-state index contributed by atoms with van der Waals surface area (Å²) in [7, 11) is 0. The molecule has 0 bridgehead atoms. The van der Waals surface area contributed by atoms with Crippen LogP contribution in [0.2, 0.25) is 0 Å². The third kappa shape index (κ3) is 4.53. The van der Waals surface area contributed by atoms with Crippen LogP contribution in [0.4, 0.5) is 4.39 Å². The van der Waals surface area contributed by atoms with Gasteiger partial charge in [0.25, 0.3) is 5.91 Å². The number of halogens is 1. The monoisotopic (exact) mass is 430 g/mol. The summed E-state index contributed by atoms with van der Waals surface area (Å²) in [6.07, 6.45) is 0.611. The Labute approximate surface area is 188 Å². The summed E-state index contributed by atoms with van der Waals surface area (Å²) < 4.78 is 19.3. The highest BCUT2D eigenvalue weighted by Crippen LogP contribution is 2.37. The quantitative estimate of drug-likeness (QED) is 0.630. The number of rotatable bonds is 6. The Hall–Kier alpha value is -3.18. The van der Waals surface area contributed by atoms with E-state index < -0.39 is 0 Å². The molecule has 3 aromatic carbocycles. The number of likely N-dealkylation sites (tertiary alicyclic amines) is 1. The summed E-state index contributed by atoms with van der Waals surface area (Å²) in [6.45, 7) is 3.98. The van der Waals surface area contributed by atoms with E-state index in [0.29, 0.717) is 42.7 Å². The van der Waals surface area contributed by atoms with Gasteiger partial charge in [-0.15, -0.1) is 0 Å². The smallest absolute Gasteiger partial charge is 0.251 e. The summed E-state index contributed by atoms with van der Waals surface area (Å²) in [5, 5.41) is 3.11. The largest absolute Gasteiger partial charge is 0.493 e. The predicted molar refractivity (Wildman–Crippen MR) is 122 cm³/mol. The molecule has 0 aromatic heterocycles. The van der Waals surface area contributed by atoms with Crippen molar-refractivity contribution in [3.05, 3.63) is 101 Å². The third-order valence-electron chi connectivity index (χ3n) is 6.51. The van der Waals surface area contributed by atoms with E-state index >= 15 is 0 Å². The van der Waals surface area contributed by atoms with Gasteiger partial charge in [0.1, 0.15) is 11.6 Å². The van der Waals surface area contributed by atoms with Crippen LogP contribution in [0, 0.1) is 11.7 Å². The lowest BCUT2D eigenvalue weighted by atomic mass is 9.87. The highest BCUT2D eigenvalue weighted by atomic mass is 19.1. The first kappa shape index (κ1) is 20.7. The molecule has 4 nitrogen and oxygen atoms in total. The van der Waals surface area contributed by atoms with Crippen LogP contribution >= 0.6 is 0 Å². The molecule has 5 heteroatoms. The van der Waals surface area contributed by atoms with E-state index in [-0.39, 0.29) is 11.7 Å². The molecular weight excluding hydrogens is 403 g/mol. The van der Waals surface area contributed by atoms with Gasteiger partial charge in [0.2, 0.25) is 0 Å². The molecule has 164 valence electrons. The SMILES string of the molecule is O=C1NC[C@H]2CN(Cc3ccccc3)C[C@@H]2c2ccc(OCCc3cccc(F)c3)cc21. The number of benzene rings is 3. The van der Waals surface area contributed by atoms with Crippen molar-refractivity contribution in [2.24, 2.45) is 5.92 Å². The Morgan fingerprint density at radius 1 is 0.969 bits per heavy atom. The topological polar surface area (TPSA) is 41.6 Å².